The van der Waals surface area contributed by atoms with Gasteiger partial charge in [-0.15, -0.1) is 0 Å². The van der Waals surface area contributed by atoms with E-state index >= 15 is 0 Å². The number of ether oxygens (including phenoxy) is 1. The second-order valence-electron chi connectivity index (χ2n) is 6.94. The first-order chi connectivity index (χ1) is 12.6. The second kappa shape index (κ2) is 11.0. The molecule has 1 aromatic rings. The summed E-state index contributed by atoms with van der Waals surface area (Å²) in [5.74, 6) is 1.91. The van der Waals surface area contributed by atoms with Crippen LogP contribution in [0.2, 0.25) is 0 Å². The van der Waals surface area contributed by atoms with Crippen molar-refractivity contribution in [3.63, 3.8) is 0 Å². The van der Waals surface area contributed by atoms with Gasteiger partial charge in [0.25, 0.3) is 0 Å². The van der Waals surface area contributed by atoms with Crippen molar-refractivity contribution in [1.29, 1.82) is 0 Å². The molecule has 0 bridgehead atoms. The number of likely N-dealkylation sites (tertiary alicyclic amines) is 1. The van der Waals surface area contributed by atoms with E-state index in [9.17, 15) is 4.39 Å². The number of hydrogen-bond donors (Lipinski definition) is 2. The highest BCUT2D eigenvalue weighted by molar-refractivity contribution is 5.79. The predicted octanol–water partition coefficient (Wildman–Crippen LogP) is 2.88. The summed E-state index contributed by atoms with van der Waals surface area (Å²) in [6.07, 6.45) is 2.38. The molecule has 2 rings (SSSR count). The molecule has 0 aromatic heterocycles. The Morgan fingerprint density at radius 3 is 2.77 bits per heavy atom. The van der Waals surface area contributed by atoms with Gasteiger partial charge in [-0.1, -0.05) is 6.92 Å². The third kappa shape index (κ3) is 7.20. The Morgan fingerprint density at radius 1 is 1.31 bits per heavy atom. The molecule has 0 radical (unpaired) electrons. The molecule has 5 nitrogen and oxygen atoms in total. The summed E-state index contributed by atoms with van der Waals surface area (Å²) in [5, 5.41) is 6.75. The molecule has 2 N–H and O–H groups in total. The van der Waals surface area contributed by atoms with Crippen LogP contribution in [0.3, 0.4) is 0 Å². The topological polar surface area (TPSA) is 48.9 Å². The van der Waals surface area contributed by atoms with Crippen molar-refractivity contribution >= 4 is 5.96 Å². The van der Waals surface area contributed by atoms with E-state index in [2.05, 4.69) is 34.4 Å². The normalized spacial score (nSPS) is 19.4. The lowest BCUT2D eigenvalue weighted by Gasteiger charge is -2.18. The van der Waals surface area contributed by atoms with E-state index in [0.29, 0.717) is 18.2 Å². The number of halogens is 1. The van der Waals surface area contributed by atoms with Crippen molar-refractivity contribution in [3.05, 3.63) is 30.1 Å². The van der Waals surface area contributed by atoms with Crippen molar-refractivity contribution in [1.82, 2.24) is 15.5 Å². The van der Waals surface area contributed by atoms with E-state index in [1.165, 1.54) is 44.6 Å². The number of rotatable bonds is 9. The van der Waals surface area contributed by atoms with E-state index in [0.717, 1.165) is 19.0 Å². The Hall–Kier alpha value is -1.82. The van der Waals surface area contributed by atoms with Gasteiger partial charge in [-0.3, -0.25) is 0 Å². The third-order valence-electron chi connectivity index (χ3n) is 4.47. The minimum Gasteiger partial charge on any atom is -0.489 e. The van der Waals surface area contributed by atoms with Crippen LogP contribution < -0.4 is 15.4 Å². The first-order valence-corrected chi connectivity index (χ1v) is 9.77. The zero-order valence-electron chi connectivity index (χ0n) is 16.3. The maximum atomic E-state index is 12.9. The molecule has 0 saturated carbocycles. The zero-order valence-corrected chi connectivity index (χ0v) is 16.3. The van der Waals surface area contributed by atoms with Gasteiger partial charge < -0.3 is 20.3 Å². The molecule has 0 amide bonds. The van der Waals surface area contributed by atoms with E-state index in [1.54, 1.807) is 12.1 Å². The van der Waals surface area contributed by atoms with Gasteiger partial charge >= 0.3 is 0 Å². The van der Waals surface area contributed by atoms with Gasteiger partial charge in [0.2, 0.25) is 0 Å². The molecule has 1 aliphatic heterocycles. The summed E-state index contributed by atoms with van der Waals surface area (Å²) in [6, 6.07) is 6.09. The lowest BCUT2D eigenvalue weighted by molar-refractivity contribution is 0.230. The molecule has 146 valence electrons. The highest BCUT2D eigenvalue weighted by Crippen LogP contribution is 2.15. The molecule has 1 heterocycles. The Labute approximate surface area is 157 Å². The van der Waals surface area contributed by atoms with Crippen LogP contribution in [0.4, 0.5) is 4.39 Å². The van der Waals surface area contributed by atoms with Gasteiger partial charge in [0.15, 0.2) is 5.96 Å². The fourth-order valence-corrected chi connectivity index (χ4v) is 3.18. The summed E-state index contributed by atoms with van der Waals surface area (Å²) in [6.45, 7) is 12.1. The van der Waals surface area contributed by atoms with E-state index in [1.807, 2.05) is 6.92 Å². The van der Waals surface area contributed by atoms with Gasteiger partial charge in [-0.05, 0) is 70.0 Å². The lowest BCUT2D eigenvalue weighted by Crippen LogP contribution is -2.41. The minimum atomic E-state index is -0.258. The van der Waals surface area contributed by atoms with Crippen LogP contribution >= 0.6 is 0 Å². The van der Waals surface area contributed by atoms with E-state index in [-0.39, 0.29) is 11.9 Å². The standard InChI is InChI=1S/C20H33FN4O/c1-4-11-25-12-10-17(15-25)14-24-20(22-5-2)23-13-16(3)26-19-8-6-18(21)7-9-19/h6-9,16-17H,4-5,10-15H2,1-3H3,(H2,22,23,24). The molecular weight excluding hydrogens is 331 g/mol. The number of guanidine groups is 1. The first kappa shape index (κ1) is 20.5. The second-order valence-corrected chi connectivity index (χ2v) is 6.94. The monoisotopic (exact) mass is 364 g/mol. The maximum Gasteiger partial charge on any atom is 0.191 e. The van der Waals surface area contributed by atoms with Gasteiger partial charge in [0, 0.05) is 19.6 Å². The fraction of sp³-hybridized carbons (Fsp3) is 0.650. The number of nitrogens with one attached hydrogen (secondary N) is 2. The van der Waals surface area contributed by atoms with Gasteiger partial charge in [-0.25, -0.2) is 9.38 Å². The third-order valence-corrected chi connectivity index (χ3v) is 4.47. The van der Waals surface area contributed by atoms with Crippen LogP contribution in [-0.2, 0) is 0 Å². The molecule has 2 atom stereocenters. The molecular formula is C20H33FN4O. The van der Waals surface area contributed by atoms with Gasteiger partial charge in [0.1, 0.15) is 17.7 Å². The molecule has 1 aromatic carbocycles. The summed E-state index contributed by atoms with van der Waals surface area (Å²) in [5.41, 5.74) is 0. The summed E-state index contributed by atoms with van der Waals surface area (Å²) >= 11 is 0. The van der Waals surface area contributed by atoms with Crippen molar-refractivity contribution in [3.8, 4) is 5.75 Å². The average Bonchev–Trinajstić information content (AvgIpc) is 3.07. The molecule has 1 fully saturated rings. The van der Waals surface area contributed by atoms with Crippen molar-refractivity contribution in [2.75, 3.05) is 39.3 Å². The van der Waals surface area contributed by atoms with Crippen LogP contribution in [0.5, 0.6) is 5.75 Å². The SMILES string of the molecule is CCCN1CCC(CNC(=NCC(C)Oc2ccc(F)cc2)NCC)C1. The van der Waals surface area contributed by atoms with E-state index < -0.39 is 0 Å². The smallest absolute Gasteiger partial charge is 0.191 e. The molecule has 2 unspecified atom stereocenters. The van der Waals surface area contributed by atoms with Crippen molar-refractivity contribution < 1.29 is 9.13 Å². The van der Waals surface area contributed by atoms with Crippen LogP contribution in [0.15, 0.2) is 29.3 Å². The molecule has 0 aliphatic carbocycles. The van der Waals surface area contributed by atoms with Crippen molar-refractivity contribution in [2.45, 2.75) is 39.7 Å². The predicted molar refractivity (Wildman–Crippen MR) is 105 cm³/mol. The molecule has 1 saturated heterocycles. The maximum absolute atomic E-state index is 12.9. The first-order valence-electron chi connectivity index (χ1n) is 9.77. The summed E-state index contributed by atoms with van der Waals surface area (Å²) < 4.78 is 18.7. The number of benzene rings is 1. The Bertz CT molecular complexity index is 549. The minimum absolute atomic E-state index is 0.0811. The summed E-state index contributed by atoms with van der Waals surface area (Å²) in [7, 11) is 0. The summed E-state index contributed by atoms with van der Waals surface area (Å²) in [4.78, 5) is 7.16. The quantitative estimate of drug-likeness (QED) is 0.523. The van der Waals surface area contributed by atoms with Crippen LogP contribution in [0, 0.1) is 11.7 Å². The highest BCUT2D eigenvalue weighted by Gasteiger charge is 2.21. The average molecular weight is 365 g/mol. The number of nitrogens with zero attached hydrogens (tertiary/aromatic N) is 2. The fourth-order valence-electron chi connectivity index (χ4n) is 3.18. The van der Waals surface area contributed by atoms with Crippen LogP contribution in [0.25, 0.3) is 0 Å². The Kier molecular flexibility index (Phi) is 8.68. The Balaban J connectivity index is 1.77. The van der Waals surface area contributed by atoms with Crippen LogP contribution in [-0.4, -0.2) is 56.2 Å². The molecule has 6 heteroatoms. The molecule has 0 spiro atoms. The van der Waals surface area contributed by atoms with Gasteiger partial charge in [0.05, 0.1) is 6.54 Å². The molecule has 1 aliphatic rings. The lowest BCUT2D eigenvalue weighted by atomic mass is 10.1. The van der Waals surface area contributed by atoms with Crippen molar-refractivity contribution in [2.24, 2.45) is 10.9 Å². The largest absolute Gasteiger partial charge is 0.489 e. The van der Waals surface area contributed by atoms with E-state index in [4.69, 9.17) is 4.74 Å². The van der Waals surface area contributed by atoms with Crippen LogP contribution in [0.1, 0.15) is 33.6 Å². The number of aliphatic imine (C=N–C) groups is 1. The molecule has 26 heavy (non-hydrogen) atoms. The Morgan fingerprint density at radius 2 is 2.08 bits per heavy atom. The number of hydrogen-bond acceptors (Lipinski definition) is 3. The highest BCUT2D eigenvalue weighted by atomic mass is 19.1. The van der Waals surface area contributed by atoms with Gasteiger partial charge in [-0.2, -0.15) is 0 Å². The zero-order chi connectivity index (χ0) is 18.8.